The van der Waals surface area contributed by atoms with Gasteiger partial charge in [0.15, 0.2) is 0 Å². The van der Waals surface area contributed by atoms with Crippen LogP contribution < -0.4 is 0 Å². The summed E-state index contributed by atoms with van der Waals surface area (Å²) in [6, 6.07) is 0. The molecule has 1 heterocycles. The van der Waals surface area contributed by atoms with Crippen molar-refractivity contribution in [2.45, 2.75) is 10.5 Å². The maximum Gasteiger partial charge on any atom is 0.0226 e. The molecule has 0 saturated carbocycles. The Hall–Kier alpha value is 2.86. The molecule has 0 spiro atoms. The second-order valence-electron chi connectivity index (χ2n) is 2.28. The van der Waals surface area contributed by atoms with Crippen molar-refractivity contribution < 1.29 is 0 Å². The third-order valence-electron chi connectivity index (χ3n) is 1.44. The topological polar surface area (TPSA) is 0 Å². The Morgan fingerprint density at radius 1 is 1.00 bits per heavy atom. The van der Waals surface area contributed by atoms with E-state index < -0.39 is 0 Å². The van der Waals surface area contributed by atoms with E-state index in [4.69, 9.17) is 0 Å². The molecule has 0 nitrogen and oxygen atoms in total. The number of hydrogen-bond donors (Lipinski definition) is 2. The fraction of sp³-hybridized carbons (Fsp3) is 1.00. The molecule has 0 aliphatic carbocycles. The third kappa shape index (κ3) is 6.36. The first kappa shape index (κ1) is 14.9. The molecule has 0 N–H and O–H groups in total. The van der Waals surface area contributed by atoms with Gasteiger partial charge in [0.05, 0.1) is 0 Å². The molecule has 1 aliphatic heterocycles. The van der Waals surface area contributed by atoms with E-state index in [1.807, 2.05) is 23.5 Å². The first-order chi connectivity index (χ1) is 5.86. The Morgan fingerprint density at radius 3 is 1.50 bits per heavy atom. The minimum Gasteiger partial charge on any atom is -0.178 e. The van der Waals surface area contributed by atoms with Crippen molar-refractivity contribution in [2.24, 2.45) is 0 Å². The summed E-state index contributed by atoms with van der Waals surface area (Å²) in [5.41, 5.74) is 0. The fourth-order valence-corrected chi connectivity index (χ4v) is 4.70. The summed E-state index contributed by atoms with van der Waals surface area (Å²) in [5.74, 6) is 4.58. The van der Waals surface area contributed by atoms with E-state index in [1.165, 1.54) is 11.5 Å². The summed E-state index contributed by atoms with van der Waals surface area (Å²) >= 11 is 16.9. The zero-order valence-corrected chi connectivity index (χ0v) is 14.2. The molecule has 1 rings (SSSR count). The van der Waals surface area contributed by atoms with Crippen LogP contribution in [0.4, 0.5) is 0 Å². The first-order valence-corrected chi connectivity index (χ1v) is 13.1. The molecule has 74 valence electrons. The van der Waals surface area contributed by atoms with Gasteiger partial charge in [-0.1, -0.05) is 0 Å². The molecular weight excluding hydrogens is 454 g/mol. The van der Waals surface area contributed by atoms with Crippen molar-refractivity contribution in [1.29, 1.82) is 0 Å². The maximum atomic E-state index is 4.27. The standard InChI is InChI=1S/C6H12S4.I2/c7-1-5-3-10-6(2-8)4-9-5;1-2/h5-8H,1-4H2;. The molecule has 2 unspecified atom stereocenters. The van der Waals surface area contributed by atoms with Crippen LogP contribution >= 0.6 is 86.0 Å². The lowest BCUT2D eigenvalue weighted by molar-refractivity contribution is 1.06. The summed E-state index contributed by atoms with van der Waals surface area (Å²) in [7, 11) is 0. The van der Waals surface area contributed by atoms with E-state index in [9.17, 15) is 0 Å². The molecule has 0 aromatic heterocycles. The molecule has 0 bridgehead atoms. The molecule has 0 aromatic rings. The van der Waals surface area contributed by atoms with Gasteiger partial charge in [-0.15, -0.1) is 0 Å². The Morgan fingerprint density at radius 2 is 1.33 bits per heavy atom. The summed E-state index contributed by atoms with van der Waals surface area (Å²) in [6.07, 6.45) is 0. The smallest absolute Gasteiger partial charge is 0.0226 e. The third-order valence-corrected chi connectivity index (χ3v) is 6.04. The highest BCUT2D eigenvalue weighted by molar-refractivity contribution is 15.0. The lowest BCUT2D eigenvalue weighted by atomic mass is 10.5. The quantitative estimate of drug-likeness (QED) is 0.469. The van der Waals surface area contributed by atoms with Crippen molar-refractivity contribution in [3.05, 3.63) is 0 Å². The zero-order valence-electron chi connectivity index (χ0n) is 6.45. The summed E-state index contributed by atoms with van der Waals surface area (Å²) in [4.78, 5) is 0. The van der Waals surface area contributed by atoms with Gasteiger partial charge in [-0.2, -0.15) is 48.8 Å². The highest BCUT2D eigenvalue weighted by atomic mass is 128. The maximum absolute atomic E-state index is 4.27. The van der Waals surface area contributed by atoms with Crippen LogP contribution in [0.5, 0.6) is 0 Å². The summed E-state index contributed by atoms with van der Waals surface area (Å²) < 4.78 is 0. The number of thiol groups is 2. The summed E-state index contributed by atoms with van der Waals surface area (Å²) in [6.45, 7) is 0. The van der Waals surface area contributed by atoms with Gasteiger partial charge in [-0.05, 0) is 0 Å². The lowest BCUT2D eigenvalue weighted by Crippen LogP contribution is -2.23. The van der Waals surface area contributed by atoms with Gasteiger partial charge in [-0.3, -0.25) is 0 Å². The lowest BCUT2D eigenvalue weighted by Gasteiger charge is -2.25. The van der Waals surface area contributed by atoms with Crippen LogP contribution in [0.25, 0.3) is 0 Å². The van der Waals surface area contributed by atoms with Crippen molar-refractivity contribution >= 4 is 86.0 Å². The van der Waals surface area contributed by atoms with Crippen LogP contribution in [-0.2, 0) is 0 Å². The number of hydrogen-bond acceptors (Lipinski definition) is 4. The van der Waals surface area contributed by atoms with Gasteiger partial charge in [0.2, 0.25) is 0 Å². The normalized spacial score (nSPS) is 29.0. The first-order valence-electron chi connectivity index (χ1n) is 3.46. The largest absolute Gasteiger partial charge is 0.178 e. The minimum absolute atomic E-state index is 0.782. The molecule has 1 saturated heterocycles. The van der Waals surface area contributed by atoms with E-state index in [0.29, 0.717) is 0 Å². The second-order valence-corrected chi connectivity index (χ2v) is 5.67. The van der Waals surface area contributed by atoms with Crippen molar-refractivity contribution in [2.75, 3.05) is 23.0 Å². The van der Waals surface area contributed by atoms with E-state index in [1.54, 1.807) is 0 Å². The monoisotopic (exact) mass is 466 g/mol. The molecule has 0 aromatic carbocycles. The van der Waals surface area contributed by atoms with Crippen molar-refractivity contribution in [1.82, 2.24) is 0 Å². The van der Waals surface area contributed by atoms with Crippen LogP contribution in [0, 0.1) is 0 Å². The van der Waals surface area contributed by atoms with Gasteiger partial charge < -0.3 is 0 Å². The van der Waals surface area contributed by atoms with Gasteiger partial charge in [0, 0.05) is 70.7 Å². The van der Waals surface area contributed by atoms with Gasteiger partial charge in [-0.25, -0.2) is 0 Å². The molecule has 0 radical (unpaired) electrons. The van der Waals surface area contributed by atoms with E-state index in [-0.39, 0.29) is 0 Å². The van der Waals surface area contributed by atoms with Crippen LogP contribution in [0.1, 0.15) is 0 Å². The second kappa shape index (κ2) is 10.4. The number of halogens is 2. The molecule has 1 aliphatic rings. The Kier molecular flexibility index (Phi) is 12.9. The van der Waals surface area contributed by atoms with Crippen molar-refractivity contribution in [3.8, 4) is 0 Å². The molecular formula is C6H12I2S4. The van der Waals surface area contributed by atoms with E-state index in [0.717, 1.165) is 22.0 Å². The average molecular weight is 466 g/mol. The molecule has 6 heteroatoms. The number of thioether (sulfide) groups is 2. The summed E-state index contributed by atoms with van der Waals surface area (Å²) in [5, 5.41) is 1.56. The average Bonchev–Trinajstić information content (AvgIpc) is 2.21. The van der Waals surface area contributed by atoms with Gasteiger partial charge >= 0.3 is 0 Å². The van der Waals surface area contributed by atoms with Crippen LogP contribution in [0.15, 0.2) is 0 Å². The molecule has 12 heavy (non-hydrogen) atoms. The SMILES string of the molecule is II.SCC1CSC(CS)CS1. The fourth-order valence-electron chi connectivity index (χ4n) is 0.794. The Labute approximate surface area is 118 Å². The van der Waals surface area contributed by atoms with Crippen LogP contribution in [0.2, 0.25) is 0 Å². The van der Waals surface area contributed by atoms with E-state index in [2.05, 4.69) is 62.5 Å². The van der Waals surface area contributed by atoms with Crippen molar-refractivity contribution in [3.63, 3.8) is 0 Å². The predicted octanol–water partition coefficient (Wildman–Crippen LogP) is 3.83. The molecule has 1 fully saturated rings. The minimum atomic E-state index is 0.782. The highest BCUT2D eigenvalue weighted by Gasteiger charge is 2.19. The van der Waals surface area contributed by atoms with Crippen LogP contribution in [0.3, 0.4) is 0 Å². The Balaban J connectivity index is 0.000000561. The molecule has 2 atom stereocenters. The zero-order chi connectivity index (χ0) is 9.40. The van der Waals surface area contributed by atoms with Crippen LogP contribution in [-0.4, -0.2) is 33.5 Å². The highest BCUT2D eigenvalue weighted by Crippen LogP contribution is 2.30. The van der Waals surface area contributed by atoms with Gasteiger partial charge in [0.1, 0.15) is 0 Å². The molecule has 0 amide bonds. The van der Waals surface area contributed by atoms with Gasteiger partial charge in [0.25, 0.3) is 0 Å². The number of rotatable bonds is 2. The van der Waals surface area contributed by atoms with E-state index >= 15 is 0 Å². The predicted molar refractivity (Wildman–Crippen MR) is 88.2 cm³/mol. The Bertz CT molecular complexity index is 83.5.